The molecule has 0 bridgehead atoms. The lowest BCUT2D eigenvalue weighted by atomic mass is 10.1. The van der Waals surface area contributed by atoms with Crippen LogP contribution in [0.5, 0.6) is 0 Å². The number of aromatic nitrogens is 1. The number of rotatable bonds is 2. The first-order chi connectivity index (χ1) is 7.52. The Labute approximate surface area is 104 Å². The molecule has 0 aromatic carbocycles. The highest BCUT2D eigenvalue weighted by Crippen LogP contribution is 2.31. The first-order valence-electron chi connectivity index (χ1n) is 5.17. The largest absolute Gasteiger partial charge is 0.391 e. The van der Waals surface area contributed by atoms with Crippen LogP contribution in [0.3, 0.4) is 0 Å². The SMILES string of the molecule is CC1(C)CN(c2nc(Cl)c(CO)s2)CCO1. The normalized spacial score (nSPS) is 20.1. The lowest BCUT2D eigenvalue weighted by Crippen LogP contribution is -2.48. The summed E-state index contributed by atoms with van der Waals surface area (Å²) in [6.07, 6.45) is 0. The van der Waals surface area contributed by atoms with E-state index in [1.54, 1.807) is 0 Å². The molecule has 1 N–H and O–H groups in total. The summed E-state index contributed by atoms with van der Waals surface area (Å²) in [4.78, 5) is 7.14. The highest BCUT2D eigenvalue weighted by atomic mass is 35.5. The fourth-order valence-corrected chi connectivity index (χ4v) is 2.88. The van der Waals surface area contributed by atoms with Crippen molar-refractivity contribution in [1.82, 2.24) is 4.98 Å². The van der Waals surface area contributed by atoms with E-state index < -0.39 is 0 Å². The zero-order valence-electron chi connectivity index (χ0n) is 9.36. The molecule has 1 aromatic rings. The topological polar surface area (TPSA) is 45.6 Å². The molecule has 16 heavy (non-hydrogen) atoms. The zero-order valence-corrected chi connectivity index (χ0v) is 10.9. The average Bonchev–Trinajstić information content (AvgIpc) is 2.58. The van der Waals surface area contributed by atoms with E-state index >= 15 is 0 Å². The van der Waals surface area contributed by atoms with Crippen LogP contribution in [0.15, 0.2) is 0 Å². The van der Waals surface area contributed by atoms with Crippen molar-refractivity contribution in [3.05, 3.63) is 10.0 Å². The summed E-state index contributed by atoms with van der Waals surface area (Å²) < 4.78 is 5.63. The lowest BCUT2D eigenvalue weighted by Gasteiger charge is -2.37. The smallest absolute Gasteiger partial charge is 0.187 e. The monoisotopic (exact) mass is 262 g/mol. The zero-order chi connectivity index (χ0) is 11.8. The van der Waals surface area contributed by atoms with Crippen LogP contribution in [0.1, 0.15) is 18.7 Å². The minimum atomic E-state index is -0.157. The van der Waals surface area contributed by atoms with Gasteiger partial charge in [-0.15, -0.1) is 0 Å². The van der Waals surface area contributed by atoms with Crippen LogP contribution < -0.4 is 4.90 Å². The van der Waals surface area contributed by atoms with Crippen LogP contribution in [0, 0.1) is 0 Å². The maximum absolute atomic E-state index is 9.08. The number of hydrogen-bond donors (Lipinski definition) is 1. The Morgan fingerprint density at radius 2 is 2.38 bits per heavy atom. The van der Waals surface area contributed by atoms with E-state index in [-0.39, 0.29) is 12.2 Å². The first kappa shape index (κ1) is 12.1. The molecule has 2 rings (SSSR count). The molecular formula is C10H15ClN2O2S. The van der Waals surface area contributed by atoms with E-state index in [4.69, 9.17) is 21.4 Å². The van der Waals surface area contributed by atoms with Crippen LogP contribution in [-0.4, -0.2) is 35.4 Å². The van der Waals surface area contributed by atoms with E-state index in [9.17, 15) is 0 Å². The van der Waals surface area contributed by atoms with E-state index in [0.29, 0.717) is 11.8 Å². The highest BCUT2D eigenvalue weighted by Gasteiger charge is 2.29. The summed E-state index contributed by atoms with van der Waals surface area (Å²) in [5.41, 5.74) is -0.157. The number of aliphatic hydroxyl groups excluding tert-OH is 1. The lowest BCUT2D eigenvalue weighted by molar-refractivity contribution is -0.0277. The molecule has 0 saturated carbocycles. The van der Waals surface area contributed by atoms with E-state index in [0.717, 1.165) is 23.1 Å². The molecule has 0 radical (unpaired) electrons. The van der Waals surface area contributed by atoms with Crippen LogP contribution in [-0.2, 0) is 11.3 Å². The number of morpholine rings is 1. The molecule has 2 heterocycles. The van der Waals surface area contributed by atoms with E-state index in [1.807, 2.05) is 0 Å². The number of hydrogen-bond acceptors (Lipinski definition) is 5. The van der Waals surface area contributed by atoms with Gasteiger partial charge in [0, 0.05) is 13.1 Å². The number of thiazole rings is 1. The standard InChI is InChI=1S/C10H15ClN2O2S/c1-10(2)6-13(3-4-15-10)9-12-8(11)7(5-14)16-9/h14H,3-6H2,1-2H3. The van der Waals surface area contributed by atoms with Crippen LogP contribution >= 0.6 is 22.9 Å². The van der Waals surface area contributed by atoms with Crippen LogP contribution in [0.25, 0.3) is 0 Å². The second-order valence-electron chi connectivity index (χ2n) is 4.40. The minimum absolute atomic E-state index is 0.0514. The van der Waals surface area contributed by atoms with Gasteiger partial charge in [-0.2, -0.15) is 0 Å². The molecule has 0 unspecified atom stereocenters. The summed E-state index contributed by atoms with van der Waals surface area (Å²) in [6.45, 7) is 6.37. The van der Waals surface area contributed by atoms with Gasteiger partial charge in [0.2, 0.25) is 0 Å². The summed E-state index contributed by atoms with van der Waals surface area (Å²) in [7, 11) is 0. The van der Waals surface area contributed by atoms with Crippen LogP contribution in [0.2, 0.25) is 5.15 Å². The number of anilines is 1. The van der Waals surface area contributed by atoms with Gasteiger partial charge in [0.25, 0.3) is 0 Å². The second kappa shape index (κ2) is 4.49. The molecule has 0 aliphatic carbocycles. The van der Waals surface area contributed by atoms with Crippen molar-refractivity contribution in [3.8, 4) is 0 Å². The van der Waals surface area contributed by atoms with Crippen molar-refractivity contribution in [2.75, 3.05) is 24.6 Å². The fraction of sp³-hybridized carbons (Fsp3) is 0.700. The van der Waals surface area contributed by atoms with Gasteiger partial charge in [0.05, 0.1) is 23.7 Å². The van der Waals surface area contributed by atoms with Crippen molar-refractivity contribution < 1.29 is 9.84 Å². The molecule has 0 amide bonds. The Balaban J connectivity index is 2.17. The van der Waals surface area contributed by atoms with E-state index in [2.05, 4.69) is 23.7 Å². The van der Waals surface area contributed by atoms with Gasteiger partial charge >= 0.3 is 0 Å². The van der Waals surface area contributed by atoms with Gasteiger partial charge in [-0.1, -0.05) is 22.9 Å². The molecule has 90 valence electrons. The predicted octanol–water partition coefficient (Wildman–Crippen LogP) is 1.90. The molecule has 1 saturated heterocycles. The molecule has 0 spiro atoms. The van der Waals surface area contributed by atoms with Gasteiger partial charge in [0.15, 0.2) is 5.13 Å². The van der Waals surface area contributed by atoms with Gasteiger partial charge in [-0.05, 0) is 13.8 Å². The van der Waals surface area contributed by atoms with Gasteiger partial charge in [0.1, 0.15) is 5.15 Å². The molecule has 1 aromatic heterocycles. The third-order valence-electron chi connectivity index (χ3n) is 2.48. The number of nitrogens with zero attached hydrogens (tertiary/aromatic N) is 2. The van der Waals surface area contributed by atoms with Crippen molar-refractivity contribution in [1.29, 1.82) is 0 Å². The molecule has 0 atom stereocenters. The quantitative estimate of drug-likeness (QED) is 0.884. The number of ether oxygens (including phenoxy) is 1. The van der Waals surface area contributed by atoms with Crippen molar-refractivity contribution in [2.24, 2.45) is 0 Å². The minimum Gasteiger partial charge on any atom is -0.391 e. The third kappa shape index (κ3) is 2.48. The second-order valence-corrected chi connectivity index (χ2v) is 5.82. The first-order valence-corrected chi connectivity index (χ1v) is 6.36. The average molecular weight is 263 g/mol. The summed E-state index contributed by atoms with van der Waals surface area (Å²) >= 11 is 7.36. The Bertz CT molecular complexity index is 381. The summed E-state index contributed by atoms with van der Waals surface area (Å²) in [5, 5.41) is 10.4. The van der Waals surface area contributed by atoms with Crippen molar-refractivity contribution >= 4 is 28.1 Å². The Morgan fingerprint density at radius 3 is 2.94 bits per heavy atom. The van der Waals surface area contributed by atoms with Gasteiger partial charge in [-0.25, -0.2) is 4.98 Å². The number of aliphatic hydroxyl groups is 1. The molecule has 1 aliphatic rings. The van der Waals surface area contributed by atoms with E-state index in [1.165, 1.54) is 11.3 Å². The third-order valence-corrected chi connectivity index (χ3v) is 4.00. The van der Waals surface area contributed by atoms with Gasteiger partial charge < -0.3 is 14.7 Å². The molecule has 1 aliphatic heterocycles. The highest BCUT2D eigenvalue weighted by molar-refractivity contribution is 7.16. The Hall–Kier alpha value is -0.360. The van der Waals surface area contributed by atoms with Crippen LogP contribution in [0.4, 0.5) is 5.13 Å². The Kier molecular flexibility index (Phi) is 3.39. The number of halogens is 1. The fourth-order valence-electron chi connectivity index (χ4n) is 1.73. The molecule has 6 heteroatoms. The summed E-state index contributed by atoms with van der Waals surface area (Å²) in [5.74, 6) is 0. The molecule has 1 fully saturated rings. The summed E-state index contributed by atoms with van der Waals surface area (Å²) in [6, 6.07) is 0. The molecule has 4 nitrogen and oxygen atoms in total. The van der Waals surface area contributed by atoms with Crippen molar-refractivity contribution in [2.45, 2.75) is 26.1 Å². The molecular weight excluding hydrogens is 248 g/mol. The predicted molar refractivity (Wildman–Crippen MR) is 65.3 cm³/mol. The maximum Gasteiger partial charge on any atom is 0.187 e. The van der Waals surface area contributed by atoms with Crippen molar-refractivity contribution in [3.63, 3.8) is 0 Å². The van der Waals surface area contributed by atoms with Gasteiger partial charge in [-0.3, -0.25) is 0 Å². The maximum atomic E-state index is 9.08. The Morgan fingerprint density at radius 1 is 1.62 bits per heavy atom.